The molecule has 0 aromatic heterocycles. The topological polar surface area (TPSA) is 81.7 Å². The number of anilines is 1. The highest BCUT2D eigenvalue weighted by molar-refractivity contribution is 7.92. The summed E-state index contributed by atoms with van der Waals surface area (Å²) in [4.78, 5) is 11.6. The summed E-state index contributed by atoms with van der Waals surface area (Å²) in [5, 5.41) is 0.325. The second-order valence-corrected chi connectivity index (χ2v) is 7.44. The fourth-order valence-corrected chi connectivity index (χ4v) is 3.65. The number of hydrogen-bond donors (Lipinski definition) is 1. The van der Waals surface area contributed by atoms with Crippen molar-refractivity contribution in [3.63, 3.8) is 0 Å². The second-order valence-electron chi connectivity index (χ2n) is 5.38. The van der Waals surface area contributed by atoms with Gasteiger partial charge in [0.25, 0.3) is 10.0 Å². The maximum Gasteiger partial charge on any atom is 0.338 e. The summed E-state index contributed by atoms with van der Waals surface area (Å²) in [6.45, 7) is 5.83. The number of carbonyl (C=O) groups excluding carboxylic acids is 1. The van der Waals surface area contributed by atoms with Gasteiger partial charge in [0, 0.05) is 10.7 Å². The van der Waals surface area contributed by atoms with Gasteiger partial charge in [-0.05, 0) is 62.7 Å². The Kier molecular flexibility index (Phi) is 6.50. The summed E-state index contributed by atoms with van der Waals surface area (Å²) in [6, 6.07) is 8.89. The summed E-state index contributed by atoms with van der Waals surface area (Å²) >= 11 is 6.08. The van der Waals surface area contributed by atoms with Crippen LogP contribution in [0.15, 0.2) is 41.3 Å². The van der Waals surface area contributed by atoms with Crippen molar-refractivity contribution in [2.75, 3.05) is 17.9 Å². The summed E-state index contributed by atoms with van der Waals surface area (Å²) < 4.78 is 38.3. The van der Waals surface area contributed by atoms with Crippen molar-refractivity contribution in [1.82, 2.24) is 0 Å². The van der Waals surface area contributed by atoms with Gasteiger partial charge < -0.3 is 9.47 Å². The van der Waals surface area contributed by atoms with Gasteiger partial charge >= 0.3 is 5.97 Å². The van der Waals surface area contributed by atoms with Gasteiger partial charge in [0.05, 0.1) is 18.8 Å². The molecule has 0 saturated heterocycles. The number of ether oxygens (including phenoxy) is 2. The molecule has 140 valence electrons. The molecule has 0 bridgehead atoms. The van der Waals surface area contributed by atoms with E-state index in [1.165, 1.54) is 30.3 Å². The van der Waals surface area contributed by atoms with E-state index in [1.807, 2.05) is 0 Å². The summed E-state index contributed by atoms with van der Waals surface area (Å²) in [6.07, 6.45) is 0. The molecule has 26 heavy (non-hydrogen) atoms. The first kappa shape index (κ1) is 20.1. The van der Waals surface area contributed by atoms with E-state index in [4.69, 9.17) is 21.1 Å². The summed E-state index contributed by atoms with van der Waals surface area (Å²) in [5.41, 5.74) is 1.35. The molecule has 0 fully saturated rings. The number of aryl methyl sites for hydroxylation is 1. The van der Waals surface area contributed by atoms with Crippen LogP contribution in [0.5, 0.6) is 5.75 Å². The van der Waals surface area contributed by atoms with E-state index >= 15 is 0 Å². The van der Waals surface area contributed by atoms with E-state index in [9.17, 15) is 13.2 Å². The zero-order chi connectivity index (χ0) is 19.3. The van der Waals surface area contributed by atoms with Crippen LogP contribution in [-0.2, 0) is 14.8 Å². The molecule has 0 amide bonds. The van der Waals surface area contributed by atoms with Crippen molar-refractivity contribution in [3.05, 3.63) is 52.5 Å². The highest BCUT2D eigenvalue weighted by atomic mass is 35.5. The van der Waals surface area contributed by atoms with Gasteiger partial charge in [-0.25, -0.2) is 13.2 Å². The lowest BCUT2D eigenvalue weighted by Crippen LogP contribution is -2.15. The quantitative estimate of drug-likeness (QED) is 0.713. The summed E-state index contributed by atoms with van der Waals surface area (Å²) in [5.74, 6) is -0.240. The molecule has 0 radical (unpaired) electrons. The van der Waals surface area contributed by atoms with Gasteiger partial charge in [-0.15, -0.1) is 0 Å². The van der Waals surface area contributed by atoms with Gasteiger partial charge in [-0.2, -0.15) is 0 Å². The standard InChI is InChI=1S/C18H20ClNO5S/c1-4-24-16-10-12(3)15(19)11-17(16)26(22,23)20-14-8-6-13(7-9-14)18(21)25-5-2/h6-11,20H,4-5H2,1-3H3. The van der Waals surface area contributed by atoms with Crippen LogP contribution in [0.1, 0.15) is 29.8 Å². The third kappa shape index (κ3) is 4.68. The van der Waals surface area contributed by atoms with Crippen molar-refractivity contribution < 1.29 is 22.7 Å². The molecule has 0 saturated carbocycles. The van der Waals surface area contributed by atoms with Gasteiger partial charge in [0.2, 0.25) is 0 Å². The normalized spacial score (nSPS) is 11.1. The van der Waals surface area contributed by atoms with Gasteiger partial charge in [0.15, 0.2) is 0 Å². The molecule has 8 heteroatoms. The molecule has 0 aliphatic rings. The number of benzene rings is 2. The van der Waals surface area contributed by atoms with E-state index in [0.717, 1.165) is 0 Å². The number of carbonyl (C=O) groups is 1. The third-order valence-corrected chi connectivity index (χ3v) is 5.27. The van der Waals surface area contributed by atoms with E-state index in [-0.39, 0.29) is 17.3 Å². The number of esters is 1. The van der Waals surface area contributed by atoms with Gasteiger partial charge in [-0.3, -0.25) is 4.72 Å². The zero-order valence-electron chi connectivity index (χ0n) is 14.7. The van der Waals surface area contributed by atoms with Crippen LogP contribution in [0.25, 0.3) is 0 Å². The molecule has 6 nitrogen and oxygen atoms in total. The largest absolute Gasteiger partial charge is 0.492 e. The lowest BCUT2D eigenvalue weighted by molar-refractivity contribution is 0.0526. The van der Waals surface area contributed by atoms with Crippen molar-refractivity contribution in [2.24, 2.45) is 0 Å². The van der Waals surface area contributed by atoms with E-state index in [2.05, 4.69) is 4.72 Å². The zero-order valence-corrected chi connectivity index (χ0v) is 16.3. The predicted octanol–water partition coefficient (Wildman–Crippen LogP) is 4.02. The number of hydrogen-bond acceptors (Lipinski definition) is 5. The first-order valence-corrected chi connectivity index (χ1v) is 9.87. The highest BCUT2D eigenvalue weighted by Gasteiger charge is 2.22. The second kappa shape index (κ2) is 8.42. The molecule has 0 aliphatic carbocycles. The summed E-state index contributed by atoms with van der Waals surface area (Å²) in [7, 11) is -3.92. The molecule has 2 aromatic rings. The van der Waals surface area contributed by atoms with Crippen LogP contribution in [0.4, 0.5) is 5.69 Å². The van der Waals surface area contributed by atoms with Crippen LogP contribution in [0.2, 0.25) is 5.02 Å². The van der Waals surface area contributed by atoms with E-state index in [1.54, 1.807) is 26.8 Å². The van der Waals surface area contributed by atoms with Crippen LogP contribution >= 0.6 is 11.6 Å². The minimum atomic E-state index is -3.92. The Morgan fingerprint density at radius 3 is 2.35 bits per heavy atom. The fourth-order valence-electron chi connectivity index (χ4n) is 2.21. The molecule has 0 aliphatic heterocycles. The van der Waals surface area contributed by atoms with Crippen LogP contribution < -0.4 is 9.46 Å². The van der Waals surface area contributed by atoms with Crippen LogP contribution in [0, 0.1) is 6.92 Å². The highest BCUT2D eigenvalue weighted by Crippen LogP contribution is 2.31. The Balaban J connectivity index is 2.31. The lowest BCUT2D eigenvalue weighted by atomic mass is 10.2. The third-order valence-electron chi connectivity index (χ3n) is 3.46. The number of nitrogens with one attached hydrogen (secondary N) is 1. The van der Waals surface area contributed by atoms with Gasteiger partial charge in [-0.1, -0.05) is 11.6 Å². The fraction of sp³-hybridized carbons (Fsp3) is 0.278. The molecule has 0 atom stereocenters. The van der Waals surface area contributed by atoms with Crippen molar-refractivity contribution in [2.45, 2.75) is 25.7 Å². The van der Waals surface area contributed by atoms with Crippen molar-refractivity contribution in [3.8, 4) is 5.75 Å². The van der Waals surface area contributed by atoms with Crippen molar-refractivity contribution >= 4 is 33.3 Å². The SMILES string of the molecule is CCOC(=O)c1ccc(NS(=O)(=O)c2cc(Cl)c(C)cc2OCC)cc1. The Morgan fingerprint density at radius 1 is 1.12 bits per heavy atom. The predicted molar refractivity (Wildman–Crippen MR) is 101 cm³/mol. The number of halogens is 1. The van der Waals surface area contributed by atoms with E-state index in [0.29, 0.717) is 28.4 Å². The average molecular weight is 398 g/mol. The molecule has 2 rings (SSSR count). The smallest absolute Gasteiger partial charge is 0.338 e. The molecular formula is C18H20ClNO5S. The molecule has 0 spiro atoms. The van der Waals surface area contributed by atoms with E-state index < -0.39 is 16.0 Å². The van der Waals surface area contributed by atoms with Crippen molar-refractivity contribution in [1.29, 1.82) is 0 Å². The Morgan fingerprint density at radius 2 is 1.77 bits per heavy atom. The average Bonchev–Trinajstić information content (AvgIpc) is 2.58. The maximum atomic E-state index is 12.7. The first-order chi connectivity index (χ1) is 12.3. The number of rotatable bonds is 7. The minimum Gasteiger partial charge on any atom is -0.492 e. The molecular weight excluding hydrogens is 378 g/mol. The molecule has 1 N–H and O–H groups in total. The Labute approximate surface area is 158 Å². The maximum absolute atomic E-state index is 12.7. The molecule has 2 aromatic carbocycles. The van der Waals surface area contributed by atoms with Crippen LogP contribution in [-0.4, -0.2) is 27.6 Å². The first-order valence-electron chi connectivity index (χ1n) is 8.01. The van der Waals surface area contributed by atoms with Gasteiger partial charge in [0.1, 0.15) is 10.6 Å². The molecule has 0 heterocycles. The lowest BCUT2D eigenvalue weighted by Gasteiger charge is -2.14. The molecule has 0 unspecified atom stereocenters. The van der Waals surface area contributed by atoms with Crippen LogP contribution in [0.3, 0.4) is 0 Å². The number of sulfonamides is 1. The minimum absolute atomic E-state index is 0.0515. The monoisotopic (exact) mass is 397 g/mol. The Hall–Kier alpha value is -2.25. The Bertz CT molecular complexity index is 895.